The van der Waals surface area contributed by atoms with Crippen LogP contribution in [0.5, 0.6) is 0 Å². The molecule has 0 aromatic heterocycles. The van der Waals surface area contributed by atoms with E-state index in [2.05, 4.69) is 22.6 Å². The summed E-state index contributed by atoms with van der Waals surface area (Å²) < 4.78 is 10.9. The molecular weight excluding hydrogens is 242 g/mol. The molecule has 0 radical (unpaired) electrons. The average Bonchev–Trinajstić information content (AvgIpc) is 1.59. The monoisotopic (exact) mass is 250 g/mol. The number of rotatable bonds is 3. The molecule has 0 aliphatic rings. The van der Waals surface area contributed by atoms with E-state index in [4.69, 9.17) is 9.79 Å². The molecule has 5 heteroatoms. The molecule has 0 aliphatic carbocycles. The van der Waals surface area contributed by atoms with Crippen LogP contribution in [0.2, 0.25) is 0 Å². The van der Waals surface area contributed by atoms with Gasteiger partial charge in [0.05, 0.1) is 6.16 Å². The average molecular weight is 250 g/mol. The maximum absolute atomic E-state index is 10.1. The zero-order chi connectivity index (χ0) is 6.62. The summed E-state index contributed by atoms with van der Waals surface area (Å²) in [6.07, 6.45) is 0.626. The fourth-order valence-electron chi connectivity index (χ4n) is 0.266. The molecule has 0 atom stereocenters. The summed E-state index contributed by atoms with van der Waals surface area (Å²) in [5.74, 6) is 0. The molecule has 0 fully saturated rings. The number of alkyl halides is 1. The van der Waals surface area contributed by atoms with Gasteiger partial charge in [0.15, 0.2) is 0 Å². The molecule has 0 aliphatic heterocycles. The van der Waals surface area contributed by atoms with Gasteiger partial charge in [-0.1, -0.05) is 22.6 Å². The Morgan fingerprint density at radius 2 is 2.00 bits per heavy atom. The van der Waals surface area contributed by atoms with Crippen molar-refractivity contribution < 1.29 is 14.4 Å². The van der Waals surface area contributed by atoms with E-state index in [1.54, 1.807) is 0 Å². The van der Waals surface area contributed by atoms with Gasteiger partial charge in [0.25, 0.3) is 0 Å². The van der Waals surface area contributed by atoms with Crippen molar-refractivity contribution in [3.8, 4) is 0 Å². The van der Waals surface area contributed by atoms with Crippen molar-refractivity contribution in [2.75, 3.05) is 10.6 Å². The molecule has 0 saturated carbocycles. The fraction of sp³-hybridized carbons (Fsp3) is 1.00. The van der Waals surface area contributed by atoms with Gasteiger partial charge in [-0.2, -0.15) is 0 Å². The maximum atomic E-state index is 10.1. The molecular formula is C3H8IO3P. The fourth-order valence-corrected chi connectivity index (χ4v) is 1.82. The quantitative estimate of drug-likeness (QED) is 0.446. The highest BCUT2D eigenvalue weighted by Crippen LogP contribution is 2.34. The van der Waals surface area contributed by atoms with E-state index in [0.29, 0.717) is 6.42 Å². The summed E-state index contributed by atoms with van der Waals surface area (Å²) in [5, 5.41) is 0. The number of hydrogen-bond acceptors (Lipinski definition) is 1. The van der Waals surface area contributed by atoms with Gasteiger partial charge in [-0.05, 0) is 6.42 Å². The Bertz CT molecular complexity index is 98.7. The highest BCUT2D eigenvalue weighted by molar-refractivity contribution is 14.1. The standard InChI is InChI=1S/C3H8IO3P/c4-2-1-3-8(5,6)7/h1-3H2,(H2,5,6,7). The minimum absolute atomic E-state index is 0.0237. The number of halogens is 1. The van der Waals surface area contributed by atoms with Gasteiger partial charge in [-0.15, -0.1) is 0 Å². The maximum Gasteiger partial charge on any atom is 0.325 e. The third-order valence-electron chi connectivity index (χ3n) is 0.583. The molecule has 2 N–H and O–H groups in total. The van der Waals surface area contributed by atoms with Crippen LogP contribution in [0.4, 0.5) is 0 Å². The van der Waals surface area contributed by atoms with Gasteiger partial charge in [0.1, 0.15) is 0 Å². The van der Waals surface area contributed by atoms with Gasteiger partial charge in [-0.25, -0.2) is 0 Å². The highest BCUT2D eigenvalue weighted by Gasteiger charge is 2.09. The molecule has 0 bridgehead atoms. The van der Waals surface area contributed by atoms with E-state index in [0.717, 1.165) is 4.43 Å². The third kappa shape index (κ3) is 6.88. The van der Waals surface area contributed by atoms with Gasteiger partial charge < -0.3 is 9.79 Å². The van der Waals surface area contributed by atoms with Crippen molar-refractivity contribution in [3.05, 3.63) is 0 Å². The van der Waals surface area contributed by atoms with Gasteiger partial charge in [0.2, 0.25) is 0 Å². The van der Waals surface area contributed by atoms with Crippen LogP contribution in [0, 0.1) is 0 Å². The SMILES string of the molecule is O=P(O)(O)CCCI. The predicted molar refractivity (Wildman–Crippen MR) is 40.4 cm³/mol. The van der Waals surface area contributed by atoms with Crippen LogP contribution >= 0.6 is 30.2 Å². The molecule has 0 rings (SSSR count). The van der Waals surface area contributed by atoms with Crippen LogP contribution in [-0.2, 0) is 4.57 Å². The minimum atomic E-state index is -3.69. The highest BCUT2D eigenvalue weighted by atomic mass is 127. The van der Waals surface area contributed by atoms with Crippen LogP contribution in [0.1, 0.15) is 6.42 Å². The van der Waals surface area contributed by atoms with Gasteiger partial charge in [-0.3, -0.25) is 4.57 Å². The van der Waals surface area contributed by atoms with E-state index >= 15 is 0 Å². The van der Waals surface area contributed by atoms with E-state index in [9.17, 15) is 4.57 Å². The van der Waals surface area contributed by atoms with Crippen molar-refractivity contribution in [2.45, 2.75) is 6.42 Å². The Hall–Kier alpha value is 0.880. The summed E-state index contributed by atoms with van der Waals surface area (Å²) in [6, 6.07) is 0. The van der Waals surface area contributed by atoms with E-state index in [1.165, 1.54) is 0 Å². The van der Waals surface area contributed by atoms with Gasteiger partial charge in [0, 0.05) is 4.43 Å². The topological polar surface area (TPSA) is 57.5 Å². The van der Waals surface area contributed by atoms with Crippen LogP contribution in [0.25, 0.3) is 0 Å². The van der Waals surface area contributed by atoms with Crippen molar-refractivity contribution in [1.29, 1.82) is 0 Å². The Kier molecular flexibility index (Phi) is 4.24. The first-order valence-electron chi connectivity index (χ1n) is 2.17. The normalized spacial score (nSPS) is 11.9. The molecule has 0 heterocycles. The van der Waals surface area contributed by atoms with Crippen LogP contribution < -0.4 is 0 Å². The lowest BCUT2D eigenvalue weighted by atomic mass is 10.6. The van der Waals surface area contributed by atoms with E-state index in [-0.39, 0.29) is 6.16 Å². The molecule has 8 heavy (non-hydrogen) atoms. The van der Waals surface area contributed by atoms with Gasteiger partial charge >= 0.3 is 7.60 Å². The molecule has 0 aromatic rings. The second-order valence-corrected chi connectivity index (χ2v) is 4.29. The van der Waals surface area contributed by atoms with Crippen molar-refractivity contribution in [2.24, 2.45) is 0 Å². The first-order chi connectivity index (χ1) is 3.56. The third-order valence-corrected chi connectivity index (χ3v) is 2.24. The zero-order valence-corrected chi connectivity index (χ0v) is 7.30. The Balaban J connectivity index is 3.26. The van der Waals surface area contributed by atoms with E-state index in [1.807, 2.05) is 0 Å². The molecule has 0 unspecified atom stereocenters. The zero-order valence-electron chi connectivity index (χ0n) is 4.25. The number of hydrogen-bond donors (Lipinski definition) is 2. The van der Waals surface area contributed by atoms with Crippen molar-refractivity contribution in [1.82, 2.24) is 0 Å². The molecule has 0 saturated heterocycles. The van der Waals surface area contributed by atoms with Crippen LogP contribution in [-0.4, -0.2) is 20.4 Å². The van der Waals surface area contributed by atoms with Crippen LogP contribution in [0.3, 0.4) is 0 Å². The second-order valence-electron chi connectivity index (χ2n) is 1.43. The molecule has 0 amide bonds. The second kappa shape index (κ2) is 3.82. The van der Waals surface area contributed by atoms with Crippen LogP contribution in [0.15, 0.2) is 0 Å². The smallest absolute Gasteiger partial charge is 0.324 e. The van der Waals surface area contributed by atoms with Crippen molar-refractivity contribution in [3.63, 3.8) is 0 Å². The Labute approximate surface area is 61.8 Å². The molecule has 0 spiro atoms. The minimum Gasteiger partial charge on any atom is -0.324 e. The summed E-state index contributed by atoms with van der Waals surface area (Å²) in [5.41, 5.74) is 0. The summed E-state index contributed by atoms with van der Waals surface area (Å²) in [6.45, 7) is 0. The summed E-state index contributed by atoms with van der Waals surface area (Å²) in [7, 11) is -3.69. The molecule has 3 nitrogen and oxygen atoms in total. The first kappa shape index (κ1) is 8.88. The lowest BCUT2D eigenvalue weighted by Crippen LogP contribution is -1.86. The lowest BCUT2D eigenvalue weighted by molar-refractivity contribution is 0.373. The Morgan fingerprint density at radius 1 is 1.50 bits per heavy atom. The largest absolute Gasteiger partial charge is 0.325 e. The summed E-state index contributed by atoms with van der Waals surface area (Å²) >= 11 is 2.08. The van der Waals surface area contributed by atoms with E-state index < -0.39 is 7.60 Å². The Morgan fingerprint density at radius 3 is 2.12 bits per heavy atom. The summed E-state index contributed by atoms with van der Waals surface area (Å²) in [4.78, 5) is 16.5. The predicted octanol–water partition coefficient (Wildman–Crippen LogP) is 0.989. The lowest BCUT2D eigenvalue weighted by Gasteiger charge is -1.98. The van der Waals surface area contributed by atoms with Crippen molar-refractivity contribution >= 4 is 30.2 Å². The molecule has 50 valence electrons. The first-order valence-corrected chi connectivity index (χ1v) is 5.49. The molecule has 0 aromatic carbocycles.